The zero-order valence-corrected chi connectivity index (χ0v) is 20.4. The van der Waals surface area contributed by atoms with Crippen molar-refractivity contribution in [1.29, 1.82) is 0 Å². The molecule has 7 nitrogen and oxygen atoms in total. The number of rotatable bonds is 10. The van der Waals surface area contributed by atoms with Crippen molar-refractivity contribution < 1.29 is 9.59 Å². The van der Waals surface area contributed by atoms with Gasteiger partial charge in [-0.05, 0) is 24.0 Å². The molecule has 0 fully saturated rings. The van der Waals surface area contributed by atoms with E-state index in [1.807, 2.05) is 48.7 Å². The Morgan fingerprint density at radius 2 is 1.82 bits per heavy atom. The molecular formula is C23H23N5O2S3. The first kappa shape index (κ1) is 23.3. The Labute approximate surface area is 204 Å². The number of carbonyl (C=O) groups excluding carboxylic acids is 2. The third-order valence-corrected chi connectivity index (χ3v) is 7.60. The van der Waals surface area contributed by atoms with Crippen molar-refractivity contribution in [3.63, 3.8) is 0 Å². The van der Waals surface area contributed by atoms with Crippen LogP contribution < -0.4 is 10.6 Å². The van der Waals surface area contributed by atoms with Crippen LogP contribution in [0.4, 0.5) is 5.13 Å². The van der Waals surface area contributed by atoms with Crippen molar-refractivity contribution >= 4 is 62.7 Å². The van der Waals surface area contributed by atoms with Gasteiger partial charge in [0.2, 0.25) is 11.0 Å². The quantitative estimate of drug-likeness (QED) is 0.242. The predicted octanol–water partition coefficient (Wildman–Crippen LogP) is 4.77. The number of nitrogens with one attached hydrogen (secondary N) is 2. The molecule has 170 valence electrons. The zero-order chi connectivity index (χ0) is 23.0. The minimum Gasteiger partial charge on any atom is -0.350 e. The minimum absolute atomic E-state index is 0.0875. The second-order valence-corrected chi connectivity index (χ2v) is 10.5. The summed E-state index contributed by atoms with van der Waals surface area (Å²) in [6, 6.07) is 17.3. The molecule has 2 N–H and O–H groups in total. The lowest BCUT2D eigenvalue weighted by atomic mass is 10.2. The second kappa shape index (κ2) is 11.4. The average Bonchev–Trinajstić information content (AvgIpc) is 3.43. The molecule has 2 heterocycles. The number of fused-ring (bicyclic) bond motifs is 1. The van der Waals surface area contributed by atoms with Gasteiger partial charge >= 0.3 is 0 Å². The van der Waals surface area contributed by atoms with E-state index in [-0.39, 0.29) is 17.6 Å². The number of para-hydroxylation sites is 1. The Hall–Kier alpha value is -2.82. The van der Waals surface area contributed by atoms with E-state index < -0.39 is 0 Å². The molecule has 0 atom stereocenters. The van der Waals surface area contributed by atoms with E-state index in [2.05, 4.69) is 32.3 Å². The van der Waals surface area contributed by atoms with E-state index in [0.29, 0.717) is 23.8 Å². The van der Waals surface area contributed by atoms with Crippen molar-refractivity contribution in [3.05, 3.63) is 66.4 Å². The van der Waals surface area contributed by atoms with Gasteiger partial charge in [0.1, 0.15) is 0 Å². The van der Waals surface area contributed by atoms with Crippen LogP contribution >= 0.6 is 34.9 Å². The lowest BCUT2D eigenvalue weighted by molar-refractivity contribution is -0.113. The van der Waals surface area contributed by atoms with Crippen LogP contribution in [0.1, 0.15) is 17.3 Å². The summed E-state index contributed by atoms with van der Waals surface area (Å²) in [5.74, 6) is 0.985. The van der Waals surface area contributed by atoms with Gasteiger partial charge in [-0.15, -0.1) is 22.0 Å². The van der Waals surface area contributed by atoms with Gasteiger partial charge in [0.25, 0.3) is 5.91 Å². The topological polar surface area (TPSA) is 88.9 Å². The normalized spacial score (nSPS) is 10.9. The van der Waals surface area contributed by atoms with Crippen molar-refractivity contribution in [2.75, 3.05) is 23.4 Å². The third kappa shape index (κ3) is 6.16. The molecule has 4 aromatic rings. The molecule has 0 aliphatic heterocycles. The van der Waals surface area contributed by atoms with Gasteiger partial charge in [-0.2, -0.15) is 0 Å². The fourth-order valence-corrected chi connectivity index (χ4v) is 5.79. The van der Waals surface area contributed by atoms with E-state index in [1.165, 1.54) is 23.1 Å². The molecule has 2 aromatic heterocycles. The maximum atomic E-state index is 12.4. The van der Waals surface area contributed by atoms with Crippen LogP contribution in [-0.4, -0.2) is 44.6 Å². The minimum atomic E-state index is -0.115. The van der Waals surface area contributed by atoms with Crippen LogP contribution in [-0.2, 0) is 11.3 Å². The second-order valence-electron chi connectivity index (χ2n) is 6.97. The molecule has 0 saturated heterocycles. The first-order valence-corrected chi connectivity index (χ1v) is 13.2. The number of carbonyl (C=O) groups is 2. The number of hydrogen-bond acceptors (Lipinski definition) is 7. The summed E-state index contributed by atoms with van der Waals surface area (Å²) in [6.45, 7) is 3.19. The lowest BCUT2D eigenvalue weighted by Gasteiger charge is -2.07. The highest BCUT2D eigenvalue weighted by atomic mass is 32.2. The highest BCUT2D eigenvalue weighted by molar-refractivity contribution is 8.01. The maximum absolute atomic E-state index is 12.4. The van der Waals surface area contributed by atoms with E-state index in [1.54, 1.807) is 23.9 Å². The molecule has 0 bridgehead atoms. The summed E-state index contributed by atoms with van der Waals surface area (Å²) in [4.78, 5) is 25.7. The number of nitrogens with zero attached hydrogens (tertiary/aromatic N) is 3. The van der Waals surface area contributed by atoms with Crippen LogP contribution in [0.15, 0.2) is 70.0 Å². The summed E-state index contributed by atoms with van der Waals surface area (Å²) >= 11 is 4.47. The van der Waals surface area contributed by atoms with Crippen molar-refractivity contribution in [1.82, 2.24) is 20.1 Å². The van der Waals surface area contributed by atoms with Crippen LogP contribution in [0.2, 0.25) is 0 Å². The average molecular weight is 498 g/mol. The van der Waals surface area contributed by atoms with E-state index in [9.17, 15) is 9.59 Å². The molecule has 33 heavy (non-hydrogen) atoms. The van der Waals surface area contributed by atoms with Gasteiger partial charge in [0.15, 0.2) is 4.34 Å². The van der Waals surface area contributed by atoms with Gasteiger partial charge in [0, 0.05) is 40.6 Å². The van der Waals surface area contributed by atoms with Gasteiger partial charge in [-0.3, -0.25) is 14.9 Å². The van der Waals surface area contributed by atoms with Gasteiger partial charge < -0.3 is 9.88 Å². The third-order valence-electron chi connectivity index (χ3n) is 4.71. The highest BCUT2D eigenvalue weighted by Gasteiger charge is 2.13. The van der Waals surface area contributed by atoms with Crippen LogP contribution in [0.5, 0.6) is 0 Å². The number of amides is 2. The molecule has 0 aliphatic rings. The van der Waals surface area contributed by atoms with Crippen molar-refractivity contribution in [2.24, 2.45) is 0 Å². The Balaban J connectivity index is 1.36. The first-order chi connectivity index (χ1) is 16.1. The molecule has 4 rings (SSSR count). The zero-order valence-electron chi connectivity index (χ0n) is 18.0. The molecule has 0 unspecified atom stereocenters. The Morgan fingerprint density at radius 1 is 1.03 bits per heavy atom. The molecule has 10 heteroatoms. The molecule has 0 radical (unpaired) electrons. The Morgan fingerprint density at radius 3 is 2.64 bits per heavy atom. The first-order valence-electron chi connectivity index (χ1n) is 10.4. The van der Waals surface area contributed by atoms with Gasteiger partial charge in [-0.1, -0.05) is 66.4 Å². The molecular weight excluding hydrogens is 474 g/mol. The van der Waals surface area contributed by atoms with E-state index >= 15 is 0 Å². The van der Waals surface area contributed by atoms with Gasteiger partial charge in [-0.25, -0.2) is 0 Å². The molecule has 2 amide bonds. The van der Waals surface area contributed by atoms with E-state index in [4.69, 9.17) is 0 Å². The largest absolute Gasteiger partial charge is 0.350 e. The van der Waals surface area contributed by atoms with Crippen LogP contribution in [0, 0.1) is 0 Å². The Bertz CT molecular complexity index is 1240. The number of benzene rings is 2. The number of aromatic nitrogens is 3. The van der Waals surface area contributed by atoms with E-state index in [0.717, 1.165) is 25.9 Å². The summed E-state index contributed by atoms with van der Waals surface area (Å²) in [6.07, 6.45) is 2.04. The highest BCUT2D eigenvalue weighted by Crippen LogP contribution is 2.30. The predicted molar refractivity (Wildman–Crippen MR) is 136 cm³/mol. The monoisotopic (exact) mass is 497 g/mol. The fourth-order valence-electron chi connectivity index (χ4n) is 3.24. The summed E-state index contributed by atoms with van der Waals surface area (Å²) < 4.78 is 2.96. The lowest BCUT2D eigenvalue weighted by Crippen LogP contribution is -2.26. The Kier molecular flexibility index (Phi) is 8.03. The summed E-state index contributed by atoms with van der Waals surface area (Å²) in [5.41, 5.74) is 1.72. The van der Waals surface area contributed by atoms with Crippen LogP contribution in [0.25, 0.3) is 10.9 Å². The number of hydrogen-bond donors (Lipinski definition) is 2. The molecule has 2 aromatic carbocycles. The standard InChI is InChI=1S/C23H23N5O2S3/c1-2-31-23-27-26-22(33-23)25-20(29)15-32-19-14-28(18-11-7-6-10-17(18)19)13-12-24-21(30)16-8-4-3-5-9-16/h3-11,14H,2,12-13,15H2,1H3,(H,24,30)(H,25,26,29). The fraction of sp³-hybridized carbons (Fsp3) is 0.217. The number of anilines is 1. The van der Waals surface area contributed by atoms with Crippen LogP contribution in [0.3, 0.4) is 0 Å². The maximum Gasteiger partial charge on any atom is 0.251 e. The number of thioether (sulfide) groups is 2. The molecule has 0 spiro atoms. The SMILES string of the molecule is CCSc1nnc(NC(=O)CSc2cn(CCNC(=O)c3ccccc3)c3ccccc23)s1. The van der Waals surface area contributed by atoms with Crippen molar-refractivity contribution in [3.8, 4) is 0 Å². The summed E-state index contributed by atoms with van der Waals surface area (Å²) in [7, 11) is 0. The molecule has 0 saturated carbocycles. The summed E-state index contributed by atoms with van der Waals surface area (Å²) in [5, 5.41) is 15.5. The molecule has 0 aliphatic carbocycles. The van der Waals surface area contributed by atoms with Crippen molar-refractivity contribution in [2.45, 2.75) is 22.7 Å². The van der Waals surface area contributed by atoms with Gasteiger partial charge in [0.05, 0.1) is 5.75 Å². The smallest absolute Gasteiger partial charge is 0.251 e.